The number of hydrogen-bond donors (Lipinski definition) is 0. The van der Waals surface area contributed by atoms with Crippen molar-refractivity contribution in [3.8, 4) is 0 Å². The van der Waals surface area contributed by atoms with Crippen molar-refractivity contribution < 1.29 is 0 Å². The van der Waals surface area contributed by atoms with Crippen LogP contribution in [-0.4, -0.2) is 11.7 Å². The summed E-state index contributed by atoms with van der Waals surface area (Å²) in [7, 11) is 0. The molecule has 0 saturated carbocycles. The van der Waals surface area contributed by atoms with Gasteiger partial charge in [-0.2, -0.15) is 10.5 Å². The predicted octanol–water partition coefficient (Wildman–Crippen LogP) is 0.545. The van der Waals surface area contributed by atoms with Crippen LogP contribution in [0, 0.1) is 0 Å². The fourth-order valence-electron chi connectivity index (χ4n) is 0.301. The number of alkyl halides is 1. The maximum Gasteiger partial charge on any atom is 0.149 e. The van der Waals surface area contributed by atoms with E-state index >= 15 is 0 Å². The summed E-state index contributed by atoms with van der Waals surface area (Å²) in [6.45, 7) is 0. The second-order valence-electron chi connectivity index (χ2n) is 1.08. The highest BCUT2D eigenvalue weighted by molar-refractivity contribution is 6.21. The van der Waals surface area contributed by atoms with Gasteiger partial charge >= 0.3 is 0 Å². The first-order valence-electron chi connectivity index (χ1n) is 1.75. The summed E-state index contributed by atoms with van der Waals surface area (Å²) in [6.07, 6.45) is 2.50. The van der Waals surface area contributed by atoms with Crippen molar-refractivity contribution in [1.29, 1.82) is 0 Å². The predicted molar refractivity (Wildman–Crippen MR) is 24.9 cm³/mol. The molecule has 0 bridgehead atoms. The largest absolute Gasteiger partial charge is 0.170 e. The van der Waals surface area contributed by atoms with E-state index in [0.29, 0.717) is 0 Å². The van der Waals surface area contributed by atoms with E-state index in [1.807, 2.05) is 0 Å². The third-order valence-corrected chi connectivity index (χ3v) is 0.839. The average molecular weight is 104 g/mol. The van der Waals surface area contributed by atoms with Gasteiger partial charge in [0.2, 0.25) is 0 Å². The first-order chi connectivity index (χ1) is 2.89. The van der Waals surface area contributed by atoms with Crippen molar-refractivity contribution in [2.75, 3.05) is 0 Å². The summed E-state index contributed by atoms with van der Waals surface area (Å²) in [6, 6.07) is 0. The molecular formula is C3H4ClN2. The first kappa shape index (κ1) is 3.93. The van der Waals surface area contributed by atoms with Crippen LogP contribution in [0.3, 0.4) is 0 Å². The third kappa shape index (κ3) is 0.627. The number of halogens is 1. The van der Waals surface area contributed by atoms with Gasteiger partial charge in [0.05, 0.1) is 0 Å². The highest BCUT2D eigenvalue weighted by atomic mass is 35.5. The molecule has 0 fully saturated rings. The minimum absolute atomic E-state index is 0.0787. The molecule has 0 aliphatic carbocycles. The van der Waals surface area contributed by atoms with Crippen LogP contribution in [0.25, 0.3) is 0 Å². The van der Waals surface area contributed by atoms with Crippen LogP contribution in [0.5, 0.6) is 0 Å². The molecule has 0 N–H and O–H groups in total. The number of nitrogens with zero attached hydrogens (tertiary/aromatic N) is 2. The highest BCUT2D eigenvalue weighted by Gasteiger charge is 2.05. The molecule has 3 heteroatoms. The van der Waals surface area contributed by atoms with Gasteiger partial charge in [-0.05, 0) is 0 Å². The first-order valence-corrected chi connectivity index (χ1v) is 2.19. The van der Waals surface area contributed by atoms with Crippen LogP contribution in [0.1, 0.15) is 6.42 Å². The van der Waals surface area contributed by atoms with Crippen LogP contribution >= 0.6 is 11.6 Å². The quantitative estimate of drug-likeness (QED) is 0.316. The molecule has 1 aliphatic rings. The van der Waals surface area contributed by atoms with Gasteiger partial charge in [0.25, 0.3) is 0 Å². The molecule has 0 aromatic rings. The van der Waals surface area contributed by atoms with E-state index in [2.05, 4.69) is 10.5 Å². The zero-order chi connectivity index (χ0) is 4.41. The lowest BCUT2D eigenvalue weighted by Gasteiger charge is -1.87. The molecule has 1 rings (SSSR count). The maximum atomic E-state index is 5.42. The fraction of sp³-hybridized carbons (Fsp3) is 0.667. The van der Waals surface area contributed by atoms with E-state index in [1.165, 1.54) is 0 Å². The van der Waals surface area contributed by atoms with Crippen molar-refractivity contribution in [2.24, 2.45) is 5.10 Å². The van der Waals surface area contributed by atoms with Gasteiger partial charge in [0.15, 0.2) is 0 Å². The van der Waals surface area contributed by atoms with Crippen LogP contribution < -0.4 is 5.43 Å². The average Bonchev–Trinajstić information content (AvgIpc) is 1.86. The Morgan fingerprint density at radius 2 is 2.67 bits per heavy atom. The molecule has 6 heavy (non-hydrogen) atoms. The van der Waals surface area contributed by atoms with Gasteiger partial charge in [0.1, 0.15) is 5.50 Å². The molecular weight excluding hydrogens is 99.5 g/mol. The van der Waals surface area contributed by atoms with E-state index in [9.17, 15) is 0 Å². The molecule has 33 valence electrons. The smallest absolute Gasteiger partial charge is 0.149 e. The van der Waals surface area contributed by atoms with Crippen LogP contribution in [0.4, 0.5) is 0 Å². The molecule has 1 radical (unpaired) electrons. The van der Waals surface area contributed by atoms with Gasteiger partial charge in [-0.3, -0.25) is 0 Å². The topological polar surface area (TPSA) is 26.5 Å². The van der Waals surface area contributed by atoms with Gasteiger partial charge in [0, 0.05) is 12.6 Å². The zero-order valence-electron chi connectivity index (χ0n) is 3.13. The fourth-order valence-corrected chi connectivity index (χ4v) is 0.431. The molecule has 0 amide bonds. The van der Waals surface area contributed by atoms with E-state index in [0.717, 1.165) is 6.42 Å². The summed E-state index contributed by atoms with van der Waals surface area (Å²) in [5.41, 5.74) is 3.49. The Balaban J connectivity index is 2.32. The van der Waals surface area contributed by atoms with Crippen LogP contribution in [0.15, 0.2) is 5.10 Å². The van der Waals surface area contributed by atoms with E-state index < -0.39 is 0 Å². The molecule has 0 spiro atoms. The molecule has 1 heterocycles. The number of hydrogen-bond acceptors (Lipinski definition) is 1. The summed E-state index contributed by atoms with van der Waals surface area (Å²) in [4.78, 5) is 0. The lowest BCUT2D eigenvalue weighted by Crippen LogP contribution is -2.00. The normalized spacial score (nSPS) is 30.5. The summed E-state index contributed by atoms with van der Waals surface area (Å²) >= 11 is 5.42. The number of rotatable bonds is 0. The minimum Gasteiger partial charge on any atom is -0.170 e. The Labute approximate surface area is 41.2 Å². The van der Waals surface area contributed by atoms with E-state index in [1.54, 1.807) is 6.21 Å². The lowest BCUT2D eigenvalue weighted by atomic mass is 10.5. The summed E-state index contributed by atoms with van der Waals surface area (Å²) < 4.78 is 0. The monoisotopic (exact) mass is 103 g/mol. The highest BCUT2D eigenvalue weighted by Crippen LogP contribution is 2.01. The third-order valence-electron chi connectivity index (χ3n) is 0.574. The van der Waals surface area contributed by atoms with Gasteiger partial charge in [-0.1, -0.05) is 11.6 Å². The molecule has 0 aromatic carbocycles. The van der Waals surface area contributed by atoms with Crippen molar-refractivity contribution >= 4 is 17.8 Å². The Bertz CT molecular complexity index is 63.2. The molecule has 0 aromatic heterocycles. The Kier molecular flexibility index (Phi) is 0.965. The van der Waals surface area contributed by atoms with Crippen LogP contribution in [-0.2, 0) is 0 Å². The second kappa shape index (κ2) is 1.47. The van der Waals surface area contributed by atoms with E-state index in [-0.39, 0.29) is 5.50 Å². The van der Waals surface area contributed by atoms with Gasteiger partial charge in [-0.15, -0.1) is 0 Å². The summed E-state index contributed by atoms with van der Waals surface area (Å²) in [5.74, 6) is 0. The SMILES string of the molecule is ClC1CC=N[N]1. The Morgan fingerprint density at radius 1 is 1.83 bits per heavy atom. The standard InChI is InChI=1S/C3H4ClN2/c4-3-1-2-5-6-3/h2-3H,1H2. The van der Waals surface area contributed by atoms with Crippen molar-refractivity contribution in [1.82, 2.24) is 5.43 Å². The van der Waals surface area contributed by atoms with E-state index in [4.69, 9.17) is 11.6 Å². The molecule has 1 aliphatic heterocycles. The van der Waals surface area contributed by atoms with Crippen molar-refractivity contribution in [2.45, 2.75) is 11.9 Å². The maximum absolute atomic E-state index is 5.42. The zero-order valence-corrected chi connectivity index (χ0v) is 3.89. The van der Waals surface area contributed by atoms with Gasteiger partial charge < -0.3 is 0 Å². The van der Waals surface area contributed by atoms with Crippen LogP contribution in [0.2, 0.25) is 0 Å². The Morgan fingerprint density at radius 3 is 2.83 bits per heavy atom. The minimum atomic E-state index is -0.0787. The Hall–Kier alpha value is -0.240. The second-order valence-corrected chi connectivity index (χ2v) is 1.59. The molecule has 2 nitrogen and oxygen atoms in total. The van der Waals surface area contributed by atoms with Crippen molar-refractivity contribution in [3.05, 3.63) is 0 Å². The van der Waals surface area contributed by atoms with Gasteiger partial charge in [-0.25, -0.2) is 0 Å². The lowest BCUT2D eigenvalue weighted by molar-refractivity contribution is 0.735. The molecule has 1 unspecified atom stereocenters. The summed E-state index contributed by atoms with van der Waals surface area (Å²) in [5, 5.41) is 3.53. The molecule has 1 atom stereocenters. The molecule has 0 saturated heterocycles. The van der Waals surface area contributed by atoms with Crippen molar-refractivity contribution in [3.63, 3.8) is 0 Å².